The SMILES string of the molecule is CC(=O)OCCCC/C=C\C[C@@H]1[C@@H](/C=C/[C@@H](O)COc2ccc(Cl)cc2)[C@H](O)C[C@@H]1O. The summed E-state index contributed by atoms with van der Waals surface area (Å²) in [5.74, 6) is 0.0239. The van der Waals surface area contributed by atoms with Gasteiger partial charge in [0.05, 0.1) is 18.8 Å². The number of hydrogen-bond acceptors (Lipinski definition) is 6. The number of allylic oxidation sites excluding steroid dienone is 2. The van der Waals surface area contributed by atoms with E-state index in [1.165, 1.54) is 6.92 Å². The lowest BCUT2D eigenvalue weighted by Gasteiger charge is -2.19. The molecule has 0 aliphatic heterocycles. The zero-order chi connectivity index (χ0) is 22.6. The Balaban J connectivity index is 1.76. The summed E-state index contributed by atoms with van der Waals surface area (Å²) in [7, 11) is 0. The van der Waals surface area contributed by atoms with E-state index in [0.717, 1.165) is 19.3 Å². The fourth-order valence-corrected chi connectivity index (χ4v) is 3.81. The minimum absolute atomic E-state index is 0.0847. The van der Waals surface area contributed by atoms with Crippen LogP contribution in [0.2, 0.25) is 5.02 Å². The summed E-state index contributed by atoms with van der Waals surface area (Å²) >= 11 is 5.84. The Morgan fingerprint density at radius 1 is 1.19 bits per heavy atom. The number of rotatable bonds is 12. The molecule has 5 atom stereocenters. The van der Waals surface area contributed by atoms with E-state index in [1.807, 2.05) is 6.08 Å². The second kappa shape index (κ2) is 13.5. The van der Waals surface area contributed by atoms with Gasteiger partial charge in [-0.05, 0) is 55.9 Å². The van der Waals surface area contributed by atoms with Gasteiger partial charge in [-0.25, -0.2) is 0 Å². The number of hydrogen-bond donors (Lipinski definition) is 3. The Kier molecular flexibility index (Phi) is 11.1. The molecule has 31 heavy (non-hydrogen) atoms. The van der Waals surface area contributed by atoms with E-state index in [9.17, 15) is 20.1 Å². The summed E-state index contributed by atoms with van der Waals surface area (Å²) in [6, 6.07) is 6.89. The van der Waals surface area contributed by atoms with Crippen LogP contribution >= 0.6 is 11.6 Å². The van der Waals surface area contributed by atoms with Crippen LogP contribution in [0.4, 0.5) is 0 Å². The van der Waals surface area contributed by atoms with Crippen LogP contribution in [-0.2, 0) is 9.53 Å². The van der Waals surface area contributed by atoms with E-state index in [4.69, 9.17) is 21.1 Å². The van der Waals surface area contributed by atoms with Crippen LogP contribution in [0.3, 0.4) is 0 Å². The Bertz CT molecular complexity index is 717. The van der Waals surface area contributed by atoms with Gasteiger partial charge >= 0.3 is 5.97 Å². The summed E-state index contributed by atoms with van der Waals surface area (Å²) in [4.78, 5) is 10.7. The van der Waals surface area contributed by atoms with Crippen molar-refractivity contribution in [2.75, 3.05) is 13.2 Å². The van der Waals surface area contributed by atoms with E-state index in [-0.39, 0.29) is 24.4 Å². The maximum atomic E-state index is 10.7. The average Bonchev–Trinajstić information content (AvgIpc) is 3.00. The Hall–Kier alpha value is -1.86. The number of carbonyl (C=O) groups is 1. The fourth-order valence-electron chi connectivity index (χ4n) is 3.68. The van der Waals surface area contributed by atoms with Crippen LogP contribution in [-0.4, -0.2) is 52.8 Å². The van der Waals surface area contributed by atoms with Gasteiger partial charge in [0, 0.05) is 24.3 Å². The zero-order valence-corrected chi connectivity index (χ0v) is 18.7. The molecule has 172 valence electrons. The van der Waals surface area contributed by atoms with Gasteiger partial charge in [-0.15, -0.1) is 0 Å². The van der Waals surface area contributed by atoms with Crippen LogP contribution < -0.4 is 4.74 Å². The number of ether oxygens (including phenoxy) is 2. The van der Waals surface area contributed by atoms with E-state index < -0.39 is 18.3 Å². The molecular weight excluding hydrogens is 420 g/mol. The van der Waals surface area contributed by atoms with Crippen molar-refractivity contribution in [3.63, 3.8) is 0 Å². The van der Waals surface area contributed by atoms with Crippen molar-refractivity contribution in [2.45, 2.75) is 57.3 Å². The fraction of sp³-hybridized carbons (Fsp3) is 0.542. The monoisotopic (exact) mass is 452 g/mol. The minimum Gasteiger partial charge on any atom is -0.491 e. The number of aliphatic hydroxyl groups excluding tert-OH is 3. The third-order valence-corrected chi connectivity index (χ3v) is 5.60. The number of halogens is 1. The molecule has 2 rings (SSSR count). The zero-order valence-electron chi connectivity index (χ0n) is 17.9. The molecule has 0 aromatic heterocycles. The molecule has 1 saturated carbocycles. The minimum atomic E-state index is -0.825. The van der Waals surface area contributed by atoms with Crippen LogP contribution in [0.5, 0.6) is 5.75 Å². The van der Waals surface area contributed by atoms with Crippen molar-refractivity contribution < 1.29 is 29.6 Å². The molecule has 1 aromatic carbocycles. The molecule has 1 aliphatic carbocycles. The lowest BCUT2D eigenvalue weighted by atomic mass is 9.89. The largest absolute Gasteiger partial charge is 0.491 e. The first-order valence-electron chi connectivity index (χ1n) is 10.8. The van der Waals surface area contributed by atoms with Gasteiger partial charge in [0.15, 0.2) is 0 Å². The molecule has 3 N–H and O–H groups in total. The summed E-state index contributed by atoms with van der Waals surface area (Å²) in [5.41, 5.74) is 0. The Morgan fingerprint density at radius 2 is 1.94 bits per heavy atom. The molecule has 0 radical (unpaired) electrons. The van der Waals surface area contributed by atoms with E-state index >= 15 is 0 Å². The van der Waals surface area contributed by atoms with Gasteiger partial charge in [-0.1, -0.05) is 35.9 Å². The van der Waals surface area contributed by atoms with Gasteiger partial charge in [-0.3, -0.25) is 4.79 Å². The highest BCUT2D eigenvalue weighted by molar-refractivity contribution is 6.30. The van der Waals surface area contributed by atoms with E-state index in [1.54, 1.807) is 36.4 Å². The van der Waals surface area contributed by atoms with Gasteiger partial charge in [0.25, 0.3) is 0 Å². The van der Waals surface area contributed by atoms with Crippen LogP contribution in [0.15, 0.2) is 48.6 Å². The lowest BCUT2D eigenvalue weighted by molar-refractivity contribution is -0.141. The van der Waals surface area contributed by atoms with E-state index in [0.29, 0.717) is 30.2 Å². The lowest BCUT2D eigenvalue weighted by Crippen LogP contribution is -2.21. The second-order valence-electron chi connectivity index (χ2n) is 7.87. The molecule has 0 heterocycles. The predicted octanol–water partition coefficient (Wildman–Crippen LogP) is 3.67. The topological polar surface area (TPSA) is 96.2 Å². The molecule has 0 bridgehead atoms. The maximum absolute atomic E-state index is 10.7. The van der Waals surface area contributed by atoms with Gasteiger partial charge < -0.3 is 24.8 Å². The maximum Gasteiger partial charge on any atom is 0.302 e. The average molecular weight is 453 g/mol. The predicted molar refractivity (Wildman–Crippen MR) is 120 cm³/mol. The number of aliphatic hydroxyl groups is 3. The Morgan fingerprint density at radius 3 is 2.65 bits per heavy atom. The van der Waals surface area contributed by atoms with Gasteiger partial charge in [0.2, 0.25) is 0 Å². The third kappa shape index (κ3) is 9.44. The van der Waals surface area contributed by atoms with Crippen molar-refractivity contribution in [3.05, 3.63) is 53.6 Å². The number of benzene rings is 1. The smallest absolute Gasteiger partial charge is 0.302 e. The molecular formula is C24H33ClO6. The normalized spacial score (nSPS) is 24.7. The number of esters is 1. The van der Waals surface area contributed by atoms with Gasteiger partial charge in [0.1, 0.15) is 18.5 Å². The molecule has 0 unspecified atom stereocenters. The van der Waals surface area contributed by atoms with E-state index in [2.05, 4.69) is 6.08 Å². The quantitative estimate of drug-likeness (QED) is 0.254. The summed E-state index contributed by atoms with van der Waals surface area (Å²) in [5, 5.41) is 31.4. The Labute approximate surface area is 189 Å². The molecule has 0 spiro atoms. The van der Waals surface area contributed by atoms with Crippen LogP contribution in [0, 0.1) is 11.8 Å². The first-order valence-corrected chi connectivity index (χ1v) is 11.1. The number of carbonyl (C=O) groups excluding carboxylic acids is 1. The molecule has 1 fully saturated rings. The first kappa shape index (κ1) is 25.4. The van der Waals surface area contributed by atoms with Crippen molar-refractivity contribution in [2.24, 2.45) is 11.8 Å². The summed E-state index contributed by atoms with van der Waals surface area (Å²) < 4.78 is 10.4. The summed E-state index contributed by atoms with van der Waals surface area (Å²) in [6.07, 6.45) is 9.02. The highest BCUT2D eigenvalue weighted by Gasteiger charge is 2.39. The number of unbranched alkanes of at least 4 members (excludes halogenated alkanes) is 2. The van der Waals surface area contributed by atoms with Crippen LogP contribution in [0.1, 0.15) is 39.0 Å². The molecule has 0 amide bonds. The molecule has 1 aromatic rings. The van der Waals surface area contributed by atoms with Crippen molar-refractivity contribution in [1.82, 2.24) is 0 Å². The highest BCUT2D eigenvalue weighted by atomic mass is 35.5. The molecule has 1 aliphatic rings. The molecule has 0 saturated heterocycles. The standard InChI is InChI=1S/C24H33ClO6/c1-17(26)30-14-6-4-2-3-5-7-21-22(24(29)15-23(21)28)13-10-19(27)16-31-20-11-8-18(25)9-12-20/h3,5,8-13,19,21-24,27-29H,2,4,6-7,14-16H2,1H3/b5-3-,13-10+/t19-,21-,22-,23+,24-/m1/s1. The molecule has 6 nitrogen and oxygen atoms in total. The van der Waals surface area contributed by atoms with Crippen molar-refractivity contribution in [3.8, 4) is 5.75 Å². The second-order valence-corrected chi connectivity index (χ2v) is 8.31. The van der Waals surface area contributed by atoms with Gasteiger partial charge in [-0.2, -0.15) is 0 Å². The third-order valence-electron chi connectivity index (χ3n) is 5.35. The van der Waals surface area contributed by atoms with Crippen molar-refractivity contribution in [1.29, 1.82) is 0 Å². The molecule has 7 heteroatoms. The first-order chi connectivity index (χ1) is 14.9. The highest BCUT2D eigenvalue weighted by Crippen LogP contribution is 2.36. The van der Waals surface area contributed by atoms with Crippen molar-refractivity contribution >= 4 is 17.6 Å². The summed E-state index contributed by atoms with van der Waals surface area (Å²) in [6.45, 7) is 1.92. The van der Waals surface area contributed by atoms with Crippen LogP contribution in [0.25, 0.3) is 0 Å².